The molecule has 1 aliphatic carbocycles. The Labute approximate surface area is 155 Å². The van der Waals surface area contributed by atoms with Crippen LogP contribution in [0.15, 0.2) is 18.2 Å². The predicted molar refractivity (Wildman–Crippen MR) is 99.0 cm³/mol. The van der Waals surface area contributed by atoms with Gasteiger partial charge in [0.05, 0.1) is 19.8 Å². The van der Waals surface area contributed by atoms with Gasteiger partial charge in [0.2, 0.25) is 0 Å². The molecule has 2 heterocycles. The van der Waals surface area contributed by atoms with Crippen LogP contribution in [0.2, 0.25) is 0 Å². The highest BCUT2D eigenvalue weighted by Gasteiger charge is 2.43. The van der Waals surface area contributed by atoms with Crippen LogP contribution in [0.3, 0.4) is 0 Å². The van der Waals surface area contributed by atoms with Gasteiger partial charge in [0.15, 0.2) is 0 Å². The molecule has 26 heavy (non-hydrogen) atoms. The number of carboxylic acids is 1. The number of fused-ring (bicyclic) bond motifs is 2. The molecule has 1 N–H and O–H groups in total. The quantitative estimate of drug-likeness (QED) is 0.872. The number of hydrogen-bond donors (Lipinski definition) is 1. The lowest BCUT2D eigenvalue weighted by Crippen LogP contribution is -2.45. The summed E-state index contributed by atoms with van der Waals surface area (Å²) in [6.45, 7) is 3.27. The summed E-state index contributed by atoms with van der Waals surface area (Å²) in [5, 5.41) is 9.00. The SMILES string of the molecule is O=C(O)CN1CCC2(CC1)COc1ccc(OCC3CCCCC3)cc12. The smallest absolute Gasteiger partial charge is 0.317 e. The number of piperidine rings is 1. The molecule has 1 saturated carbocycles. The highest BCUT2D eigenvalue weighted by Crippen LogP contribution is 2.46. The van der Waals surface area contributed by atoms with Crippen molar-refractivity contribution in [2.75, 3.05) is 32.8 Å². The summed E-state index contributed by atoms with van der Waals surface area (Å²) in [6.07, 6.45) is 8.51. The molecule has 0 bridgehead atoms. The van der Waals surface area contributed by atoms with E-state index in [2.05, 4.69) is 6.07 Å². The maximum Gasteiger partial charge on any atom is 0.317 e. The summed E-state index contributed by atoms with van der Waals surface area (Å²) in [4.78, 5) is 13.0. The summed E-state index contributed by atoms with van der Waals surface area (Å²) in [7, 11) is 0. The van der Waals surface area contributed by atoms with Gasteiger partial charge in [-0.1, -0.05) is 19.3 Å². The van der Waals surface area contributed by atoms with Gasteiger partial charge >= 0.3 is 5.97 Å². The molecule has 0 unspecified atom stereocenters. The number of benzene rings is 1. The first-order valence-corrected chi connectivity index (χ1v) is 9.99. The Kier molecular flexibility index (Phi) is 5.07. The molecule has 2 fully saturated rings. The largest absolute Gasteiger partial charge is 0.493 e. The normalized spacial score (nSPS) is 22.8. The molecule has 0 aromatic heterocycles. The minimum Gasteiger partial charge on any atom is -0.493 e. The van der Waals surface area contributed by atoms with Crippen LogP contribution in [-0.4, -0.2) is 48.8 Å². The van der Waals surface area contributed by atoms with Gasteiger partial charge in [-0.15, -0.1) is 0 Å². The Bertz CT molecular complexity index is 645. The molecule has 1 spiro atoms. The van der Waals surface area contributed by atoms with E-state index in [1.165, 1.54) is 37.7 Å². The lowest BCUT2D eigenvalue weighted by atomic mass is 9.74. The van der Waals surface area contributed by atoms with E-state index in [0.717, 1.165) is 44.0 Å². The van der Waals surface area contributed by atoms with Crippen molar-refractivity contribution in [1.29, 1.82) is 0 Å². The van der Waals surface area contributed by atoms with Crippen molar-refractivity contribution < 1.29 is 19.4 Å². The highest BCUT2D eigenvalue weighted by atomic mass is 16.5. The molecule has 1 aromatic carbocycles. The molecule has 0 radical (unpaired) electrons. The molecular weight excluding hydrogens is 330 g/mol. The van der Waals surface area contributed by atoms with Gasteiger partial charge in [0.1, 0.15) is 11.5 Å². The van der Waals surface area contributed by atoms with Crippen LogP contribution in [0, 0.1) is 5.92 Å². The molecule has 0 amide bonds. The van der Waals surface area contributed by atoms with E-state index >= 15 is 0 Å². The minimum absolute atomic E-state index is 0.0224. The zero-order valence-electron chi connectivity index (χ0n) is 15.4. The van der Waals surface area contributed by atoms with Gasteiger partial charge in [-0.25, -0.2) is 0 Å². The van der Waals surface area contributed by atoms with Crippen molar-refractivity contribution in [3.05, 3.63) is 23.8 Å². The van der Waals surface area contributed by atoms with Gasteiger partial charge in [0.25, 0.3) is 0 Å². The third kappa shape index (κ3) is 3.68. The second kappa shape index (κ2) is 7.47. The number of aliphatic carboxylic acids is 1. The topological polar surface area (TPSA) is 59.0 Å². The van der Waals surface area contributed by atoms with E-state index in [0.29, 0.717) is 12.5 Å². The molecule has 5 heteroatoms. The Morgan fingerprint density at radius 3 is 2.73 bits per heavy atom. The molecule has 1 saturated heterocycles. The van der Waals surface area contributed by atoms with E-state index in [1.54, 1.807) is 0 Å². The van der Waals surface area contributed by atoms with Crippen LogP contribution in [0.25, 0.3) is 0 Å². The Balaban J connectivity index is 1.42. The third-order valence-electron chi connectivity index (χ3n) is 6.41. The van der Waals surface area contributed by atoms with Gasteiger partial charge < -0.3 is 14.6 Å². The van der Waals surface area contributed by atoms with Gasteiger partial charge in [-0.3, -0.25) is 9.69 Å². The van der Waals surface area contributed by atoms with Crippen molar-refractivity contribution in [1.82, 2.24) is 4.90 Å². The van der Waals surface area contributed by atoms with Crippen LogP contribution in [0.4, 0.5) is 0 Å². The van der Waals surface area contributed by atoms with Crippen LogP contribution in [0.5, 0.6) is 11.5 Å². The summed E-state index contributed by atoms with van der Waals surface area (Å²) in [5.41, 5.74) is 1.28. The number of hydrogen-bond acceptors (Lipinski definition) is 4. The number of rotatable bonds is 5. The van der Waals surface area contributed by atoms with E-state index in [9.17, 15) is 4.79 Å². The number of carboxylic acid groups (broad SMARTS) is 1. The number of carbonyl (C=O) groups is 1. The first-order valence-electron chi connectivity index (χ1n) is 9.99. The molecular formula is C21H29NO4. The fourth-order valence-electron chi connectivity index (χ4n) is 4.74. The fourth-order valence-corrected chi connectivity index (χ4v) is 4.74. The molecule has 142 valence electrons. The van der Waals surface area contributed by atoms with E-state index in [-0.39, 0.29) is 12.0 Å². The summed E-state index contributed by atoms with van der Waals surface area (Å²) < 4.78 is 12.1. The van der Waals surface area contributed by atoms with Gasteiger partial charge in [0, 0.05) is 11.0 Å². The van der Waals surface area contributed by atoms with Crippen LogP contribution in [-0.2, 0) is 10.2 Å². The van der Waals surface area contributed by atoms with Crippen molar-refractivity contribution in [3.63, 3.8) is 0 Å². The van der Waals surface area contributed by atoms with E-state index in [4.69, 9.17) is 14.6 Å². The summed E-state index contributed by atoms with van der Waals surface area (Å²) >= 11 is 0. The maximum atomic E-state index is 10.9. The zero-order chi connectivity index (χ0) is 18.0. The first-order chi connectivity index (χ1) is 12.6. The average Bonchev–Trinajstić information content (AvgIpc) is 3.00. The molecule has 0 atom stereocenters. The van der Waals surface area contributed by atoms with Crippen molar-refractivity contribution in [2.45, 2.75) is 50.4 Å². The Morgan fingerprint density at radius 2 is 2.00 bits per heavy atom. The van der Waals surface area contributed by atoms with Crippen LogP contribution in [0.1, 0.15) is 50.5 Å². The highest BCUT2D eigenvalue weighted by molar-refractivity contribution is 5.69. The molecule has 2 aliphatic heterocycles. The second-order valence-corrected chi connectivity index (χ2v) is 8.21. The van der Waals surface area contributed by atoms with Gasteiger partial charge in [-0.2, -0.15) is 0 Å². The molecule has 5 nitrogen and oxygen atoms in total. The number of likely N-dealkylation sites (tertiary alicyclic amines) is 1. The monoisotopic (exact) mass is 359 g/mol. The fraction of sp³-hybridized carbons (Fsp3) is 0.667. The lowest BCUT2D eigenvalue weighted by Gasteiger charge is -2.37. The Hall–Kier alpha value is -1.75. The van der Waals surface area contributed by atoms with Crippen LogP contribution < -0.4 is 9.47 Å². The van der Waals surface area contributed by atoms with E-state index < -0.39 is 5.97 Å². The lowest BCUT2D eigenvalue weighted by molar-refractivity contribution is -0.138. The second-order valence-electron chi connectivity index (χ2n) is 8.21. The molecule has 1 aromatic rings. The number of nitrogens with zero attached hydrogens (tertiary/aromatic N) is 1. The van der Waals surface area contributed by atoms with Crippen LogP contribution >= 0.6 is 0 Å². The van der Waals surface area contributed by atoms with Crippen molar-refractivity contribution >= 4 is 5.97 Å². The Morgan fingerprint density at radius 1 is 1.23 bits per heavy atom. The zero-order valence-corrected chi connectivity index (χ0v) is 15.4. The summed E-state index contributed by atoms with van der Waals surface area (Å²) in [5.74, 6) is 1.87. The van der Waals surface area contributed by atoms with Crippen molar-refractivity contribution in [3.8, 4) is 11.5 Å². The standard InChI is InChI=1S/C21H29NO4/c23-20(24)13-22-10-8-21(9-11-22)15-26-19-7-6-17(12-18(19)21)25-14-16-4-2-1-3-5-16/h6-7,12,16H,1-5,8-11,13-15H2,(H,23,24). The maximum absolute atomic E-state index is 10.9. The molecule has 4 rings (SSSR count). The minimum atomic E-state index is -0.748. The molecule has 3 aliphatic rings. The third-order valence-corrected chi connectivity index (χ3v) is 6.41. The number of ether oxygens (including phenoxy) is 2. The van der Waals surface area contributed by atoms with E-state index in [1.807, 2.05) is 17.0 Å². The average molecular weight is 359 g/mol. The van der Waals surface area contributed by atoms with Crippen molar-refractivity contribution in [2.24, 2.45) is 5.92 Å². The first kappa shape index (κ1) is 17.7. The summed E-state index contributed by atoms with van der Waals surface area (Å²) in [6, 6.07) is 6.25. The predicted octanol–water partition coefficient (Wildman–Crippen LogP) is 3.46. The van der Waals surface area contributed by atoms with Gasteiger partial charge in [-0.05, 0) is 62.9 Å².